The molecule has 0 bridgehead atoms. The molecular weight excluding hydrogens is 267 g/mol. The second kappa shape index (κ2) is 530. The zero-order valence-electron chi connectivity index (χ0n) is 6.12. The van der Waals surface area contributed by atoms with E-state index in [0.29, 0.717) is 0 Å². The van der Waals surface area contributed by atoms with E-state index < -0.39 is 0 Å². The van der Waals surface area contributed by atoms with E-state index in [1.165, 1.54) is 0 Å². The molecular formula is C6H17HfO-3. The molecule has 0 heterocycles. The van der Waals surface area contributed by atoms with Gasteiger partial charge in [-0.2, -0.15) is 20.8 Å². The van der Waals surface area contributed by atoms with E-state index in [9.17, 15) is 0 Å². The van der Waals surface area contributed by atoms with Gasteiger partial charge in [-0.1, -0.05) is 0 Å². The Morgan fingerprint density at radius 1 is 0.625 bits per heavy atom. The number of hydrogen-bond donors (Lipinski definition) is 0. The Morgan fingerprint density at radius 2 is 0.625 bits per heavy atom. The molecule has 0 aliphatic heterocycles. The van der Waals surface area contributed by atoms with Crippen molar-refractivity contribution in [2.45, 2.75) is 20.8 Å². The van der Waals surface area contributed by atoms with Crippen molar-refractivity contribution in [2.75, 3.05) is 0 Å². The molecule has 2 N–H and O–H groups in total. The van der Waals surface area contributed by atoms with Gasteiger partial charge >= 0.3 is 0 Å². The van der Waals surface area contributed by atoms with Crippen molar-refractivity contribution in [3.8, 4) is 0 Å². The molecule has 54 valence electrons. The molecule has 0 amide bonds. The Bertz CT molecular complexity index is 8.49. The van der Waals surface area contributed by atoms with E-state index in [-0.39, 0.29) is 31.3 Å². The van der Waals surface area contributed by atoms with Crippen LogP contribution in [0.15, 0.2) is 0 Å². The third-order valence-electron chi connectivity index (χ3n) is 0. The van der Waals surface area contributed by atoms with E-state index in [1.54, 1.807) is 20.8 Å². The van der Waals surface area contributed by atoms with Crippen LogP contribution in [-0.2, 0) is 25.8 Å². The molecule has 0 saturated heterocycles. The predicted octanol–water partition coefficient (Wildman–Crippen LogP) is 1.69. The summed E-state index contributed by atoms with van der Waals surface area (Å²) in [5, 5.41) is 0. The molecule has 1 nitrogen and oxygen atoms in total. The van der Waals surface area contributed by atoms with E-state index in [0.717, 1.165) is 0 Å². The number of rotatable bonds is 0. The van der Waals surface area contributed by atoms with Crippen molar-refractivity contribution in [1.29, 1.82) is 0 Å². The Hall–Kier alpha value is 0.830. The monoisotopic (exact) mass is 285 g/mol. The van der Waals surface area contributed by atoms with Gasteiger partial charge in [-0.3, -0.25) is 0 Å². The van der Waals surface area contributed by atoms with Gasteiger partial charge in [-0.05, 0) is 0 Å². The molecule has 0 unspecified atom stereocenters. The molecule has 0 fully saturated rings. The maximum absolute atomic E-state index is 3.25. The summed E-state index contributed by atoms with van der Waals surface area (Å²) in [6.45, 7) is 15.0. The smallest absolute Gasteiger partial charge is 0 e. The van der Waals surface area contributed by atoms with Gasteiger partial charge in [-0.15, -0.1) is 0 Å². The van der Waals surface area contributed by atoms with E-state index in [4.69, 9.17) is 0 Å². The SMILES string of the molecule is O.[CH2-]C.[CH2-]C.[CH2-]C.[Hf]. The van der Waals surface area contributed by atoms with Gasteiger partial charge < -0.3 is 26.2 Å². The normalized spacial score (nSPS) is 2.25. The molecule has 2 heteroatoms. The summed E-state index contributed by atoms with van der Waals surface area (Å²) in [6, 6.07) is 0. The van der Waals surface area contributed by atoms with Crippen LogP contribution < -0.4 is 0 Å². The zero-order valence-corrected chi connectivity index (χ0v) is 9.71. The molecule has 0 radical (unpaired) electrons. The second-order valence-electron chi connectivity index (χ2n) is 0. The third kappa shape index (κ3) is 337. The van der Waals surface area contributed by atoms with Gasteiger partial charge in [-0.25, -0.2) is 0 Å². The first-order valence-corrected chi connectivity index (χ1v) is 2.12. The summed E-state index contributed by atoms with van der Waals surface area (Å²) in [5.41, 5.74) is 0. The van der Waals surface area contributed by atoms with Crippen molar-refractivity contribution >= 4 is 0 Å². The zero-order chi connectivity index (χ0) is 6.00. The van der Waals surface area contributed by atoms with Crippen molar-refractivity contribution in [2.24, 2.45) is 0 Å². The molecule has 0 aromatic carbocycles. The minimum absolute atomic E-state index is 0. The quantitative estimate of drug-likeness (QED) is 0.479. The first-order valence-electron chi connectivity index (χ1n) is 2.12. The van der Waals surface area contributed by atoms with Crippen molar-refractivity contribution in [1.82, 2.24) is 0 Å². The van der Waals surface area contributed by atoms with Gasteiger partial charge in [0.05, 0.1) is 0 Å². The predicted molar refractivity (Wildman–Crippen MR) is 36.7 cm³/mol. The third-order valence-corrected chi connectivity index (χ3v) is 0. The Kier molecular flexibility index (Phi) is 2450. The van der Waals surface area contributed by atoms with Crippen LogP contribution in [0.5, 0.6) is 0 Å². The van der Waals surface area contributed by atoms with Crippen LogP contribution in [0.2, 0.25) is 0 Å². The molecule has 0 aliphatic carbocycles. The van der Waals surface area contributed by atoms with Crippen LogP contribution in [0.1, 0.15) is 20.8 Å². The van der Waals surface area contributed by atoms with Crippen LogP contribution in [0.4, 0.5) is 0 Å². The summed E-state index contributed by atoms with van der Waals surface area (Å²) in [7, 11) is 0. The average molecular weight is 284 g/mol. The summed E-state index contributed by atoms with van der Waals surface area (Å²) in [6.07, 6.45) is 0. The molecule has 0 atom stereocenters. The molecule has 0 rings (SSSR count). The summed E-state index contributed by atoms with van der Waals surface area (Å²) < 4.78 is 0. The fraction of sp³-hybridized carbons (Fsp3) is 0.500. The van der Waals surface area contributed by atoms with Gasteiger partial charge in [0.15, 0.2) is 0 Å². The first kappa shape index (κ1) is 36.9. The van der Waals surface area contributed by atoms with Crippen LogP contribution in [0, 0.1) is 20.8 Å². The molecule has 0 spiro atoms. The molecule has 0 aliphatic rings. The fourth-order valence-corrected chi connectivity index (χ4v) is 0. The molecule has 8 heavy (non-hydrogen) atoms. The molecule has 0 saturated carbocycles. The van der Waals surface area contributed by atoms with E-state index in [1.807, 2.05) is 0 Å². The van der Waals surface area contributed by atoms with Crippen molar-refractivity contribution in [3.05, 3.63) is 20.8 Å². The Morgan fingerprint density at radius 3 is 0.625 bits per heavy atom. The van der Waals surface area contributed by atoms with Gasteiger partial charge in [0, 0.05) is 25.8 Å². The van der Waals surface area contributed by atoms with Crippen LogP contribution in [-0.4, -0.2) is 5.48 Å². The fourth-order valence-electron chi connectivity index (χ4n) is 0. The van der Waals surface area contributed by atoms with Gasteiger partial charge in [0.25, 0.3) is 0 Å². The van der Waals surface area contributed by atoms with Crippen molar-refractivity contribution in [3.63, 3.8) is 0 Å². The minimum Gasteiger partial charge on any atom is -0.412 e. The Labute approximate surface area is 73.0 Å². The summed E-state index contributed by atoms with van der Waals surface area (Å²) in [5.74, 6) is 0. The Balaban J connectivity index is -0.00000000500. The largest absolute Gasteiger partial charge is 0.412 e. The van der Waals surface area contributed by atoms with Gasteiger partial charge in [0.2, 0.25) is 0 Å². The van der Waals surface area contributed by atoms with Crippen LogP contribution in [0.25, 0.3) is 0 Å². The maximum Gasteiger partial charge on any atom is 0 e. The standard InChI is InChI=1S/3C2H5.Hf.H2O/c3*1-2;;/h3*1H2,2H3;;1H2/q3*-1;;. The summed E-state index contributed by atoms with van der Waals surface area (Å²) in [4.78, 5) is 0. The number of hydrogen-bond acceptors (Lipinski definition) is 0. The minimum atomic E-state index is 0. The van der Waals surface area contributed by atoms with Gasteiger partial charge in [0.1, 0.15) is 0 Å². The first-order chi connectivity index (χ1) is 3.00. The van der Waals surface area contributed by atoms with Crippen molar-refractivity contribution < 1.29 is 31.3 Å². The van der Waals surface area contributed by atoms with E-state index in [2.05, 4.69) is 20.8 Å². The second-order valence-corrected chi connectivity index (χ2v) is 0. The van der Waals surface area contributed by atoms with E-state index >= 15 is 0 Å². The average Bonchev–Trinajstić information content (AvgIpc) is 1.81. The topological polar surface area (TPSA) is 31.5 Å². The maximum atomic E-state index is 3.25. The molecule has 0 aromatic rings. The van der Waals surface area contributed by atoms with Crippen LogP contribution >= 0.6 is 0 Å². The molecule has 0 aromatic heterocycles. The van der Waals surface area contributed by atoms with Crippen LogP contribution in [0.3, 0.4) is 0 Å². The summed E-state index contributed by atoms with van der Waals surface area (Å²) >= 11 is 0.